The van der Waals surface area contributed by atoms with Crippen LogP contribution in [0.1, 0.15) is 155 Å². The van der Waals surface area contributed by atoms with Gasteiger partial charge in [-0.2, -0.15) is 6.29 Å². The number of nitrogens with two attached hydrogens (primary N) is 1. The largest absolute Gasteiger partial charge is 1.00 e. The van der Waals surface area contributed by atoms with E-state index in [1.165, 1.54) is 19.6 Å². The van der Waals surface area contributed by atoms with E-state index in [0.717, 1.165) is 70.7 Å². The minimum absolute atomic E-state index is 0. The van der Waals surface area contributed by atoms with Crippen LogP contribution in [-0.4, -0.2) is 165 Å². The minimum atomic E-state index is -0.655. The molecule has 4 saturated carbocycles. The van der Waals surface area contributed by atoms with Gasteiger partial charge in [0, 0.05) is 127 Å². The van der Waals surface area contributed by atoms with Crippen molar-refractivity contribution in [2.45, 2.75) is 99.2 Å². The van der Waals surface area contributed by atoms with E-state index in [0.29, 0.717) is 77.9 Å². The van der Waals surface area contributed by atoms with E-state index in [1.807, 2.05) is 121 Å². The summed E-state index contributed by atoms with van der Waals surface area (Å²) in [5.41, 5.74) is 13.6. The summed E-state index contributed by atoms with van der Waals surface area (Å²) in [5.74, 6) is 3.51. The summed E-state index contributed by atoms with van der Waals surface area (Å²) >= 11 is 0. The number of benzene rings is 4. The Morgan fingerprint density at radius 1 is 0.373 bits per heavy atom. The van der Waals surface area contributed by atoms with E-state index in [2.05, 4.69) is 75.8 Å². The van der Waals surface area contributed by atoms with E-state index < -0.39 is 41.9 Å². The number of fused-ring (bicyclic) bond motifs is 12. The molecule has 4 aromatic carbocycles. The van der Waals surface area contributed by atoms with Gasteiger partial charge in [-0.05, 0) is 71.6 Å². The molecule has 33 nitrogen and oxygen atoms in total. The van der Waals surface area contributed by atoms with E-state index in [9.17, 15) is 38.4 Å². The van der Waals surface area contributed by atoms with Crippen molar-refractivity contribution < 1.29 is 80.4 Å². The van der Waals surface area contributed by atoms with Gasteiger partial charge in [-0.25, -0.2) is 34.9 Å². The van der Waals surface area contributed by atoms with Crippen LogP contribution in [0.2, 0.25) is 0 Å². The SMILES string of the molecule is CN1C(=O)[C@@H](N)C2C[C@H]2c2nccnc21.CN1C(=O)[C@@H](NC(=O)c2ncc(Cc3ccccc3)o2)C2C[C@H]2c2nccnc21.CN1C(=O)[C@@H](NC(=O)c2ncc(Cc3ccccc3)o2)C2C[C@H]2c2nccnc21.CN1C(=O)[C@H](NC(=O)c2ncc(Cc3ccccc3)o2)[C@@H]2C[C@@H]2c2nccnc21.O=[C-]c1ncc(Cc2ccccc2)o1.[Li+].[OH-]. The predicted molar refractivity (Wildman–Crippen MR) is 417 cm³/mol. The van der Waals surface area contributed by atoms with Gasteiger partial charge in [0.2, 0.25) is 5.91 Å². The Balaban J connectivity index is 0.000000124. The zero-order valence-corrected chi connectivity index (χ0v) is 64.6. The van der Waals surface area contributed by atoms with Crippen LogP contribution in [0.25, 0.3) is 0 Å². The third-order valence-electron chi connectivity index (χ3n) is 21.6. The fraction of sp³-hybridized carbons (Fsp3) is 0.286. The molecule has 8 aromatic heterocycles. The molecule has 4 aliphatic carbocycles. The molecule has 118 heavy (non-hydrogen) atoms. The number of nitrogens with zero attached hydrogens (tertiary/aromatic N) is 16. The Kier molecular flexibility index (Phi) is 24.3. The van der Waals surface area contributed by atoms with E-state index >= 15 is 0 Å². The first-order valence-corrected chi connectivity index (χ1v) is 37.8. The van der Waals surface area contributed by atoms with Crippen LogP contribution in [0.5, 0.6) is 0 Å². The maximum absolute atomic E-state index is 13.0. The van der Waals surface area contributed by atoms with Crippen LogP contribution in [0, 0.1) is 23.7 Å². The number of likely N-dealkylation sites (N-methyl/N-ethyl adjacent to an activating group) is 4. The van der Waals surface area contributed by atoms with Crippen molar-refractivity contribution in [2.75, 3.05) is 47.8 Å². The zero-order chi connectivity index (χ0) is 80.3. The number of anilines is 4. The Morgan fingerprint density at radius 3 is 0.915 bits per heavy atom. The molecule has 6 N–H and O–H groups in total. The summed E-state index contributed by atoms with van der Waals surface area (Å²) in [6.45, 7) is 0. The summed E-state index contributed by atoms with van der Waals surface area (Å²) in [6, 6.07) is 36.9. The fourth-order valence-electron chi connectivity index (χ4n) is 15.3. The molecule has 594 valence electrons. The third-order valence-corrected chi connectivity index (χ3v) is 21.6. The van der Waals surface area contributed by atoms with Gasteiger partial charge >= 0.3 is 36.6 Å². The number of rotatable bonds is 15. The Morgan fingerprint density at radius 2 is 0.627 bits per heavy atom. The molecule has 12 heterocycles. The zero-order valence-electron chi connectivity index (χ0n) is 64.6. The second-order valence-electron chi connectivity index (χ2n) is 29.3. The monoisotopic (exact) mass is 1580 g/mol. The number of oxazole rings is 4. The number of carbonyl (C=O) groups excluding carboxylic acids is 8. The van der Waals surface area contributed by atoms with Gasteiger partial charge in [0.25, 0.3) is 35.4 Å². The van der Waals surface area contributed by atoms with Gasteiger partial charge in [-0.3, -0.25) is 78.1 Å². The van der Waals surface area contributed by atoms with Crippen molar-refractivity contribution >= 4 is 70.9 Å². The molecular weight excluding hydrogens is 1500 g/mol. The number of aromatic nitrogens is 12. The van der Waals surface area contributed by atoms with Crippen LogP contribution in [0.4, 0.5) is 23.3 Å². The van der Waals surface area contributed by atoms with Gasteiger partial charge in [-0.15, -0.1) is 0 Å². The smallest absolute Gasteiger partial charge is 0.870 e. The Hall–Kier alpha value is -13.5. The van der Waals surface area contributed by atoms with Crippen molar-refractivity contribution in [2.24, 2.45) is 29.4 Å². The third kappa shape index (κ3) is 17.7. The topological polar surface area (TPSA) is 449 Å². The molecule has 34 heteroatoms. The number of hydrogen-bond acceptors (Lipinski definition) is 26. The molecule has 4 fully saturated rings. The van der Waals surface area contributed by atoms with Crippen molar-refractivity contribution in [3.05, 3.63) is 287 Å². The summed E-state index contributed by atoms with van der Waals surface area (Å²) < 4.78 is 22.0. The van der Waals surface area contributed by atoms with Crippen molar-refractivity contribution in [1.29, 1.82) is 0 Å². The van der Waals surface area contributed by atoms with Crippen LogP contribution in [0.15, 0.2) is 213 Å². The molecule has 0 saturated heterocycles. The molecule has 0 bridgehead atoms. The first-order valence-electron chi connectivity index (χ1n) is 37.8. The molecule has 12 atom stereocenters. The maximum Gasteiger partial charge on any atom is 1.00 e. The summed E-state index contributed by atoms with van der Waals surface area (Å²) in [5, 5.41) is 8.45. The van der Waals surface area contributed by atoms with Gasteiger partial charge < -0.3 is 49.6 Å². The van der Waals surface area contributed by atoms with Crippen molar-refractivity contribution in [1.82, 2.24) is 75.8 Å². The number of hydrogen-bond donors (Lipinski definition) is 4. The van der Waals surface area contributed by atoms with E-state index in [4.69, 9.17) is 23.4 Å². The van der Waals surface area contributed by atoms with Crippen molar-refractivity contribution in [3.8, 4) is 0 Å². The maximum atomic E-state index is 13.0. The molecule has 3 unspecified atom stereocenters. The first-order chi connectivity index (χ1) is 56.4. The van der Waals surface area contributed by atoms with Crippen LogP contribution < -0.4 is 60.1 Å². The Bertz CT molecular complexity index is 5230. The molecule has 0 radical (unpaired) electrons. The standard InChI is InChI=1S/3C21H19N5O3.C11H8NO2.C10H12N4O.Li.H2O/c3*1-26-18-16(22-7-8-23-18)14-10-15(14)17(21(26)28)25-19(27)20-24-11-13(29-20)9-12-5-3-2-4-6-12;13-8-11-12-7-10(14-11)6-9-4-2-1-3-5-9;1-14-9-8(12-2-3-13-9)6-4-5(6)7(11)10(14)15;;/h3*2-8,11,14-15,17H,9-10H2,1H3,(H,25,27);1-5,7H,6H2;2-3,5-7H,4,11H2,1H3;;1H2/q;;;-1;;+1;/p-1/t2*14-,15?,17+;14-,15+,17+;;5?,6-,7+;;/m110.1../s1. The second kappa shape index (κ2) is 35.3. The molecule has 4 aliphatic heterocycles. The normalized spacial score (nSPS) is 21.9. The van der Waals surface area contributed by atoms with E-state index in [-0.39, 0.29) is 113 Å². The summed E-state index contributed by atoms with van der Waals surface area (Å²) in [4.78, 5) is 156. The predicted octanol–water partition coefficient (Wildman–Crippen LogP) is 4.24. The first kappa shape index (κ1) is 81.1. The average Bonchev–Trinajstić information content (AvgIpc) is 1.62. The van der Waals surface area contributed by atoms with Crippen molar-refractivity contribution in [3.63, 3.8) is 0 Å². The fourth-order valence-corrected chi connectivity index (χ4v) is 15.3. The second-order valence-corrected chi connectivity index (χ2v) is 29.3. The van der Waals surface area contributed by atoms with Gasteiger partial charge in [-0.1, -0.05) is 121 Å². The van der Waals surface area contributed by atoms with Crippen LogP contribution >= 0.6 is 0 Å². The average molecular weight is 1580 g/mol. The Labute approximate surface area is 687 Å². The molecule has 20 rings (SSSR count). The van der Waals surface area contributed by atoms with Gasteiger partial charge in [0.05, 0.1) is 59.5 Å². The quantitative estimate of drug-likeness (QED) is 0.0823. The number of nitrogens with one attached hydrogen (secondary N) is 3. The summed E-state index contributed by atoms with van der Waals surface area (Å²) in [6.07, 6.45) is 26.3. The molecular formula is C84H78LiN20O13-. The molecule has 8 aliphatic rings. The number of amides is 7. The van der Waals surface area contributed by atoms with Crippen LogP contribution in [-0.2, 0) is 49.7 Å². The molecule has 0 spiro atoms. The van der Waals surface area contributed by atoms with E-state index in [1.54, 1.807) is 109 Å². The number of carbonyl (C=O) groups is 7. The minimum Gasteiger partial charge on any atom is -0.870 e. The molecule has 7 amide bonds. The van der Waals surface area contributed by atoms with Crippen LogP contribution in [0.3, 0.4) is 0 Å². The van der Waals surface area contributed by atoms with Gasteiger partial charge in [0.1, 0.15) is 41.2 Å². The summed E-state index contributed by atoms with van der Waals surface area (Å²) in [7, 11) is 6.68. The molecule has 12 aromatic rings. The van der Waals surface area contributed by atoms with Gasteiger partial charge in [0.15, 0.2) is 23.3 Å².